The molecule has 1 aromatic carbocycles. The SMILES string of the molecule is Cc1ccn(CC(C)CNC(=O)Nc2cccc(Cl)c2)n1. The zero-order chi connectivity index (χ0) is 15.2. The van der Waals surface area contributed by atoms with E-state index in [2.05, 4.69) is 22.7 Å². The average Bonchev–Trinajstić information content (AvgIpc) is 2.82. The largest absolute Gasteiger partial charge is 0.338 e. The molecule has 1 atom stereocenters. The number of carbonyl (C=O) groups is 1. The van der Waals surface area contributed by atoms with Crippen LogP contribution in [0.15, 0.2) is 36.5 Å². The maximum atomic E-state index is 11.8. The van der Waals surface area contributed by atoms with Gasteiger partial charge >= 0.3 is 6.03 Å². The third-order valence-corrected chi connectivity index (χ3v) is 3.20. The molecular weight excluding hydrogens is 288 g/mol. The minimum Gasteiger partial charge on any atom is -0.338 e. The van der Waals surface area contributed by atoms with E-state index in [1.54, 1.807) is 24.3 Å². The smallest absolute Gasteiger partial charge is 0.319 e. The van der Waals surface area contributed by atoms with Gasteiger partial charge in [-0.15, -0.1) is 0 Å². The highest BCUT2D eigenvalue weighted by atomic mass is 35.5. The zero-order valence-electron chi connectivity index (χ0n) is 12.1. The molecule has 0 saturated heterocycles. The number of amides is 2. The second-order valence-electron chi connectivity index (χ2n) is 5.13. The number of carbonyl (C=O) groups excluding carboxylic acids is 1. The highest BCUT2D eigenvalue weighted by molar-refractivity contribution is 6.30. The van der Waals surface area contributed by atoms with Crippen molar-refractivity contribution < 1.29 is 4.79 Å². The number of benzene rings is 1. The summed E-state index contributed by atoms with van der Waals surface area (Å²) in [6.45, 7) is 5.37. The van der Waals surface area contributed by atoms with Crippen LogP contribution in [0.1, 0.15) is 12.6 Å². The van der Waals surface area contributed by atoms with Crippen LogP contribution >= 0.6 is 11.6 Å². The van der Waals surface area contributed by atoms with E-state index < -0.39 is 0 Å². The third kappa shape index (κ3) is 5.11. The van der Waals surface area contributed by atoms with Crippen LogP contribution in [0.4, 0.5) is 10.5 Å². The molecule has 0 aliphatic rings. The number of aromatic nitrogens is 2. The number of halogens is 1. The summed E-state index contributed by atoms with van der Waals surface area (Å²) in [4.78, 5) is 11.8. The van der Waals surface area contributed by atoms with E-state index >= 15 is 0 Å². The summed E-state index contributed by atoms with van der Waals surface area (Å²) < 4.78 is 1.89. The zero-order valence-corrected chi connectivity index (χ0v) is 12.9. The molecule has 0 aliphatic carbocycles. The van der Waals surface area contributed by atoms with Crippen LogP contribution in [0, 0.1) is 12.8 Å². The fraction of sp³-hybridized carbons (Fsp3) is 0.333. The fourth-order valence-corrected chi connectivity index (χ4v) is 2.15. The van der Waals surface area contributed by atoms with Crippen molar-refractivity contribution in [3.05, 3.63) is 47.2 Å². The van der Waals surface area contributed by atoms with Gasteiger partial charge in [0.25, 0.3) is 0 Å². The average molecular weight is 307 g/mol. The minimum absolute atomic E-state index is 0.235. The Hall–Kier alpha value is -2.01. The number of aryl methyl sites for hydroxylation is 1. The molecule has 2 rings (SSSR count). The molecule has 21 heavy (non-hydrogen) atoms. The number of nitrogens with one attached hydrogen (secondary N) is 2. The molecule has 2 aromatic rings. The van der Waals surface area contributed by atoms with Gasteiger partial charge in [-0.2, -0.15) is 5.10 Å². The molecule has 0 saturated carbocycles. The molecule has 6 heteroatoms. The van der Waals surface area contributed by atoms with Gasteiger partial charge in [-0.3, -0.25) is 4.68 Å². The van der Waals surface area contributed by atoms with Crippen molar-refractivity contribution in [2.45, 2.75) is 20.4 Å². The van der Waals surface area contributed by atoms with E-state index in [1.165, 1.54) is 0 Å². The molecule has 0 fully saturated rings. The van der Waals surface area contributed by atoms with Gasteiger partial charge in [0.1, 0.15) is 0 Å². The van der Waals surface area contributed by atoms with E-state index in [-0.39, 0.29) is 11.9 Å². The Bertz CT molecular complexity index is 611. The van der Waals surface area contributed by atoms with Gasteiger partial charge in [0.05, 0.1) is 5.69 Å². The van der Waals surface area contributed by atoms with E-state index in [0.29, 0.717) is 17.3 Å². The summed E-state index contributed by atoms with van der Waals surface area (Å²) in [6.07, 6.45) is 1.94. The van der Waals surface area contributed by atoms with Crippen LogP contribution in [-0.2, 0) is 6.54 Å². The van der Waals surface area contributed by atoms with Crippen molar-refractivity contribution in [3.8, 4) is 0 Å². The predicted molar refractivity (Wildman–Crippen MR) is 84.6 cm³/mol. The van der Waals surface area contributed by atoms with Crippen molar-refractivity contribution in [2.75, 3.05) is 11.9 Å². The summed E-state index contributed by atoms with van der Waals surface area (Å²) >= 11 is 5.87. The molecule has 0 bridgehead atoms. The fourth-order valence-electron chi connectivity index (χ4n) is 1.96. The Labute approximate surface area is 129 Å². The maximum absolute atomic E-state index is 11.8. The lowest BCUT2D eigenvalue weighted by Gasteiger charge is -2.13. The normalized spacial score (nSPS) is 12.0. The van der Waals surface area contributed by atoms with Gasteiger partial charge in [-0.05, 0) is 37.1 Å². The van der Waals surface area contributed by atoms with Gasteiger partial charge < -0.3 is 10.6 Å². The van der Waals surface area contributed by atoms with Crippen molar-refractivity contribution in [3.63, 3.8) is 0 Å². The lowest BCUT2D eigenvalue weighted by Crippen LogP contribution is -2.33. The summed E-state index contributed by atoms with van der Waals surface area (Å²) in [5.41, 5.74) is 1.67. The highest BCUT2D eigenvalue weighted by Gasteiger charge is 2.07. The van der Waals surface area contributed by atoms with E-state index in [0.717, 1.165) is 12.2 Å². The monoisotopic (exact) mass is 306 g/mol. The Balaban J connectivity index is 1.75. The van der Waals surface area contributed by atoms with E-state index in [9.17, 15) is 4.79 Å². The third-order valence-electron chi connectivity index (χ3n) is 2.97. The Morgan fingerprint density at radius 3 is 2.90 bits per heavy atom. The van der Waals surface area contributed by atoms with Crippen LogP contribution < -0.4 is 10.6 Å². The van der Waals surface area contributed by atoms with Gasteiger partial charge in [0.15, 0.2) is 0 Å². The minimum atomic E-state index is -0.235. The first-order valence-corrected chi connectivity index (χ1v) is 7.21. The van der Waals surface area contributed by atoms with Gasteiger partial charge in [-0.25, -0.2) is 4.79 Å². The van der Waals surface area contributed by atoms with Crippen LogP contribution in [0.2, 0.25) is 5.02 Å². The lowest BCUT2D eigenvalue weighted by molar-refractivity contribution is 0.249. The van der Waals surface area contributed by atoms with E-state index in [1.807, 2.05) is 23.9 Å². The highest BCUT2D eigenvalue weighted by Crippen LogP contribution is 2.14. The molecule has 112 valence electrons. The summed E-state index contributed by atoms with van der Waals surface area (Å²) in [7, 11) is 0. The molecule has 2 amide bonds. The molecule has 0 aliphatic heterocycles. The molecule has 1 unspecified atom stereocenters. The topological polar surface area (TPSA) is 59.0 Å². The second kappa shape index (κ2) is 7.13. The molecule has 5 nitrogen and oxygen atoms in total. The summed E-state index contributed by atoms with van der Waals surface area (Å²) in [5.74, 6) is 0.286. The number of hydrogen-bond acceptors (Lipinski definition) is 2. The van der Waals surface area contributed by atoms with Gasteiger partial charge in [0.2, 0.25) is 0 Å². The molecule has 0 spiro atoms. The molecular formula is C15H19ClN4O. The molecule has 2 N–H and O–H groups in total. The van der Waals surface area contributed by atoms with Crippen LogP contribution in [0.5, 0.6) is 0 Å². The van der Waals surface area contributed by atoms with Gasteiger partial charge in [-0.1, -0.05) is 24.6 Å². The van der Waals surface area contributed by atoms with Crippen molar-refractivity contribution in [2.24, 2.45) is 5.92 Å². The number of rotatable bonds is 5. The first-order chi connectivity index (χ1) is 10.0. The van der Waals surface area contributed by atoms with Crippen molar-refractivity contribution >= 4 is 23.3 Å². The van der Waals surface area contributed by atoms with E-state index in [4.69, 9.17) is 11.6 Å². The maximum Gasteiger partial charge on any atom is 0.319 e. The second-order valence-corrected chi connectivity index (χ2v) is 5.57. The molecule has 0 radical (unpaired) electrons. The number of anilines is 1. The van der Waals surface area contributed by atoms with Crippen LogP contribution in [0.3, 0.4) is 0 Å². The van der Waals surface area contributed by atoms with Gasteiger partial charge in [0, 0.05) is 30.0 Å². The Kier molecular flexibility index (Phi) is 5.22. The quantitative estimate of drug-likeness (QED) is 0.890. The first kappa shape index (κ1) is 15.4. The van der Waals surface area contributed by atoms with Crippen molar-refractivity contribution in [1.82, 2.24) is 15.1 Å². The standard InChI is InChI=1S/C15H19ClN4O/c1-11(10-20-7-6-12(2)19-20)9-17-15(21)18-14-5-3-4-13(16)8-14/h3-8,11H,9-10H2,1-2H3,(H2,17,18,21). The van der Waals surface area contributed by atoms with Crippen LogP contribution in [-0.4, -0.2) is 22.4 Å². The van der Waals surface area contributed by atoms with Crippen molar-refractivity contribution in [1.29, 1.82) is 0 Å². The number of urea groups is 1. The number of hydrogen-bond donors (Lipinski definition) is 2. The van der Waals surface area contributed by atoms with Crippen LogP contribution in [0.25, 0.3) is 0 Å². The summed E-state index contributed by atoms with van der Waals surface area (Å²) in [5, 5.41) is 10.5. The lowest BCUT2D eigenvalue weighted by atomic mass is 10.2. The molecule has 1 aromatic heterocycles. The predicted octanol–water partition coefficient (Wildman–Crippen LogP) is 3.30. The summed E-state index contributed by atoms with van der Waals surface area (Å²) in [6, 6.07) is 8.78. The first-order valence-electron chi connectivity index (χ1n) is 6.83. The Morgan fingerprint density at radius 1 is 1.43 bits per heavy atom. The Morgan fingerprint density at radius 2 is 2.24 bits per heavy atom. The molecule has 1 heterocycles. The number of nitrogens with zero attached hydrogens (tertiary/aromatic N) is 2.